The van der Waals surface area contributed by atoms with Crippen molar-refractivity contribution in [2.24, 2.45) is 16.7 Å². The van der Waals surface area contributed by atoms with E-state index in [1.54, 1.807) is 0 Å². The van der Waals surface area contributed by atoms with Gasteiger partial charge >= 0.3 is 0 Å². The van der Waals surface area contributed by atoms with Crippen LogP contribution >= 0.6 is 0 Å². The molecular formula is C23H30. The second-order valence-corrected chi connectivity index (χ2v) is 8.64. The molecule has 0 nitrogen and oxygen atoms in total. The Kier molecular flexibility index (Phi) is 4.62. The van der Waals surface area contributed by atoms with Crippen LogP contribution in [-0.4, -0.2) is 0 Å². The van der Waals surface area contributed by atoms with Crippen molar-refractivity contribution in [3.05, 3.63) is 71.8 Å². The summed E-state index contributed by atoms with van der Waals surface area (Å²) in [6.45, 7) is 7.48. The normalized spacial score (nSPS) is 31.0. The van der Waals surface area contributed by atoms with Crippen LogP contribution < -0.4 is 0 Å². The molecule has 0 aromatic heterocycles. The third-order valence-corrected chi connectivity index (χ3v) is 5.48. The van der Waals surface area contributed by atoms with E-state index in [9.17, 15) is 0 Å². The van der Waals surface area contributed by atoms with Crippen molar-refractivity contribution < 1.29 is 0 Å². The zero-order valence-corrected chi connectivity index (χ0v) is 14.9. The molecule has 1 saturated carbocycles. The smallest absolute Gasteiger partial charge is 0.0224 e. The molecule has 122 valence electrons. The van der Waals surface area contributed by atoms with E-state index in [-0.39, 0.29) is 0 Å². The Hall–Kier alpha value is -1.56. The first-order valence-corrected chi connectivity index (χ1v) is 9.04. The van der Waals surface area contributed by atoms with Crippen molar-refractivity contribution >= 4 is 0 Å². The highest BCUT2D eigenvalue weighted by Gasteiger charge is 2.42. The summed E-state index contributed by atoms with van der Waals surface area (Å²) in [6.07, 6.45) is 6.46. The molecule has 0 amide bonds. The summed E-state index contributed by atoms with van der Waals surface area (Å²) in [4.78, 5) is 0. The predicted molar refractivity (Wildman–Crippen MR) is 99.5 cm³/mol. The summed E-state index contributed by atoms with van der Waals surface area (Å²) in [6, 6.07) is 22.1. The van der Waals surface area contributed by atoms with Gasteiger partial charge in [0.1, 0.15) is 0 Å². The Bertz CT molecular complexity index is 560. The topological polar surface area (TPSA) is 0 Å². The summed E-state index contributed by atoms with van der Waals surface area (Å²) in [5.74, 6) is 0.811. The van der Waals surface area contributed by atoms with Crippen molar-refractivity contribution in [1.29, 1.82) is 0 Å². The van der Waals surface area contributed by atoms with Crippen LogP contribution in [0.25, 0.3) is 0 Å². The van der Waals surface area contributed by atoms with Crippen LogP contribution in [0.2, 0.25) is 0 Å². The van der Waals surface area contributed by atoms with Crippen molar-refractivity contribution in [3.8, 4) is 0 Å². The van der Waals surface area contributed by atoms with Crippen molar-refractivity contribution in [2.45, 2.75) is 52.9 Å². The minimum Gasteiger partial charge on any atom is -0.0625 e. The Morgan fingerprint density at radius 3 is 1.52 bits per heavy atom. The molecule has 0 bridgehead atoms. The van der Waals surface area contributed by atoms with Crippen LogP contribution in [0.4, 0.5) is 0 Å². The van der Waals surface area contributed by atoms with E-state index < -0.39 is 0 Å². The van der Waals surface area contributed by atoms with Gasteiger partial charge in [-0.05, 0) is 60.0 Å². The Labute approximate surface area is 141 Å². The van der Waals surface area contributed by atoms with E-state index in [1.807, 2.05) is 0 Å². The monoisotopic (exact) mass is 306 g/mol. The molecule has 0 N–H and O–H groups in total. The molecule has 1 aliphatic carbocycles. The van der Waals surface area contributed by atoms with Crippen LogP contribution in [0.3, 0.4) is 0 Å². The second-order valence-electron chi connectivity index (χ2n) is 8.64. The molecule has 2 aromatic carbocycles. The van der Waals surface area contributed by atoms with E-state index in [4.69, 9.17) is 0 Å². The molecule has 1 aliphatic rings. The van der Waals surface area contributed by atoms with Gasteiger partial charge in [-0.3, -0.25) is 0 Å². The Balaban J connectivity index is 1.77. The minimum atomic E-state index is 0.419. The fourth-order valence-electron chi connectivity index (χ4n) is 5.38. The molecule has 0 spiro atoms. The highest BCUT2D eigenvalue weighted by atomic mass is 14.5. The third-order valence-electron chi connectivity index (χ3n) is 5.48. The van der Waals surface area contributed by atoms with Gasteiger partial charge in [-0.2, -0.15) is 0 Å². The van der Waals surface area contributed by atoms with Gasteiger partial charge in [0.2, 0.25) is 0 Å². The lowest BCUT2D eigenvalue weighted by atomic mass is 9.57. The molecule has 0 radical (unpaired) electrons. The zero-order chi connectivity index (χ0) is 16.3. The maximum absolute atomic E-state index is 2.51. The van der Waals surface area contributed by atoms with Gasteiger partial charge in [0, 0.05) is 0 Å². The molecule has 2 atom stereocenters. The summed E-state index contributed by atoms with van der Waals surface area (Å²) < 4.78 is 0. The van der Waals surface area contributed by atoms with E-state index in [2.05, 4.69) is 81.4 Å². The number of hydrogen-bond donors (Lipinski definition) is 0. The number of hydrogen-bond acceptors (Lipinski definition) is 0. The predicted octanol–water partition coefficient (Wildman–Crippen LogP) is 6.30. The number of benzene rings is 2. The van der Waals surface area contributed by atoms with Crippen LogP contribution in [0, 0.1) is 16.7 Å². The lowest BCUT2D eigenvalue weighted by molar-refractivity contribution is 0.0483. The largest absolute Gasteiger partial charge is 0.0625 e. The standard InChI is InChI=1S/C23H30/c1-19-14-22(2,16-20-10-6-4-7-11-20)18-23(3,15-19)17-21-12-8-5-9-13-21/h4-13,19H,14-18H2,1-3H3. The van der Waals surface area contributed by atoms with Gasteiger partial charge in [-0.25, -0.2) is 0 Å². The molecule has 1 fully saturated rings. The van der Waals surface area contributed by atoms with E-state index in [1.165, 1.54) is 43.2 Å². The summed E-state index contributed by atoms with van der Waals surface area (Å²) in [5, 5.41) is 0. The van der Waals surface area contributed by atoms with Gasteiger partial charge < -0.3 is 0 Å². The van der Waals surface area contributed by atoms with Gasteiger partial charge in [0.05, 0.1) is 0 Å². The van der Waals surface area contributed by atoms with Gasteiger partial charge in [-0.1, -0.05) is 81.4 Å². The average Bonchev–Trinajstić information content (AvgIpc) is 2.46. The van der Waals surface area contributed by atoms with Crippen LogP contribution in [-0.2, 0) is 12.8 Å². The molecule has 0 heteroatoms. The quantitative estimate of drug-likeness (QED) is 0.621. The fraction of sp³-hybridized carbons (Fsp3) is 0.478. The first-order chi connectivity index (χ1) is 11.0. The first kappa shape index (κ1) is 16.3. The number of rotatable bonds is 4. The molecular weight excluding hydrogens is 276 g/mol. The molecule has 2 unspecified atom stereocenters. The molecule has 0 aliphatic heterocycles. The zero-order valence-electron chi connectivity index (χ0n) is 14.9. The maximum atomic E-state index is 2.51. The summed E-state index contributed by atoms with van der Waals surface area (Å²) in [5.41, 5.74) is 3.82. The first-order valence-electron chi connectivity index (χ1n) is 9.04. The van der Waals surface area contributed by atoms with Gasteiger partial charge in [0.15, 0.2) is 0 Å². The molecule has 0 heterocycles. The molecule has 3 rings (SSSR count). The van der Waals surface area contributed by atoms with Gasteiger partial charge in [-0.15, -0.1) is 0 Å². The Morgan fingerprint density at radius 2 is 1.13 bits per heavy atom. The third kappa shape index (κ3) is 4.25. The SMILES string of the molecule is CC1CC(C)(Cc2ccccc2)CC(C)(Cc2ccccc2)C1. The average molecular weight is 306 g/mol. The van der Waals surface area contributed by atoms with Crippen molar-refractivity contribution in [2.75, 3.05) is 0 Å². The van der Waals surface area contributed by atoms with E-state index in [0.717, 1.165) is 5.92 Å². The van der Waals surface area contributed by atoms with Crippen LogP contribution in [0.1, 0.15) is 51.2 Å². The lowest BCUT2D eigenvalue weighted by Gasteiger charge is -2.48. The van der Waals surface area contributed by atoms with Crippen molar-refractivity contribution in [1.82, 2.24) is 0 Å². The van der Waals surface area contributed by atoms with E-state index in [0.29, 0.717) is 10.8 Å². The van der Waals surface area contributed by atoms with Crippen LogP contribution in [0.15, 0.2) is 60.7 Å². The highest BCUT2D eigenvalue weighted by Crippen LogP contribution is 2.51. The fourth-order valence-corrected chi connectivity index (χ4v) is 5.38. The summed E-state index contributed by atoms with van der Waals surface area (Å²) in [7, 11) is 0. The summed E-state index contributed by atoms with van der Waals surface area (Å²) >= 11 is 0. The molecule has 23 heavy (non-hydrogen) atoms. The lowest BCUT2D eigenvalue weighted by Crippen LogP contribution is -2.39. The van der Waals surface area contributed by atoms with E-state index >= 15 is 0 Å². The molecule has 0 saturated heterocycles. The minimum absolute atomic E-state index is 0.419. The molecule has 2 aromatic rings. The van der Waals surface area contributed by atoms with Crippen LogP contribution in [0.5, 0.6) is 0 Å². The van der Waals surface area contributed by atoms with Gasteiger partial charge in [0.25, 0.3) is 0 Å². The second kappa shape index (κ2) is 6.51. The maximum Gasteiger partial charge on any atom is -0.0224 e. The Morgan fingerprint density at radius 1 is 0.739 bits per heavy atom. The van der Waals surface area contributed by atoms with Crippen molar-refractivity contribution in [3.63, 3.8) is 0 Å². The highest BCUT2D eigenvalue weighted by molar-refractivity contribution is 5.19.